The van der Waals surface area contributed by atoms with Crippen molar-refractivity contribution in [2.45, 2.75) is 44.6 Å². The summed E-state index contributed by atoms with van der Waals surface area (Å²) in [6.07, 6.45) is 3.65. The third-order valence-electron chi connectivity index (χ3n) is 4.82. The van der Waals surface area contributed by atoms with Gasteiger partial charge in [-0.2, -0.15) is 0 Å². The van der Waals surface area contributed by atoms with Crippen LogP contribution in [0.4, 0.5) is 0 Å². The number of fused-ring (bicyclic) bond motifs is 1. The summed E-state index contributed by atoms with van der Waals surface area (Å²) in [5.41, 5.74) is 1.16. The molecule has 2 aliphatic rings. The minimum Gasteiger partial charge on any atom is -0.493 e. The van der Waals surface area contributed by atoms with Gasteiger partial charge in [0.15, 0.2) is 0 Å². The van der Waals surface area contributed by atoms with Gasteiger partial charge in [0.2, 0.25) is 11.8 Å². The summed E-state index contributed by atoms with van der Waals surface area (Å²) >= 11 is 0. The Morgan fingerprint density at radius 3 is 2.91 bits per heavy atom. The topological polar surface area (TPSA) is 58.6 Å². The minimum absolute atomic E-state index is 0.0127. The summed E-state index contributed by atoms with van der Waals surface area (Å²) in [5, 5.41) is 3.06. The van der Waals surface area contributed by atoms with Gasteiger partial charge in [0.1, 0.15) is 11.8 Å². The lowest BCUT2D eigenvalue weighted by Gasteiger charge is -2.34. The number of hydrogen-bond donors (Lipinski definition) is 1. The first-order valence-electron chi connectivity index (χ1n) is 8.43. The molecule has 0 radical (unpaired) electrons. The predicted molar refractivity (Wildman–Crippen MR) is 87.3 cm³/mol. The zero-order valence-electron chi connectivity index (χ0n) is 13.6. The molecule has 1 aromatic carbocycles. The van der Waals surface area contributed by atoms with E-state index < -0.39 is 0 Å². The maximum atomic E-state index is 12.5. The normalized spacial score (nSPS) is 23.6. The van der Waals surface area contributed by atoms with Crippen LogP contribution in [0.3, 0.4) is 0 Å². The van der Waals surface area contributed by atoms with Crippen LogP contribution >= 0.6 is 0 Å². The molecule has 0 aliphatic carbocycles. The SMILES string of the molecule is CC(=O)N1CCCCC1C(=O)NCC1CCOc2ccccc21. The molecule has 23 heavy (non-hydrogen) atoms. The van der Waals surface area contributed by atoms with Gasteiger partial charge >= 0.3 is 0 Å². The van der Waals surface area contributed by atoms with E-state index in [1.165, 1.54) is 0 Å². The molecule has 1 aromatic rings. The second kappa shape index (κ2) is 7.02. The number of amides is 2. The molecule has 0 saturated carbocycles. The number of benzene rings is 1. The molecule has 0 bridgehead atoms. The molecule has 124 valence electrons. The van der Waals surface area contributed by atoms with Crippen LogP contribution in [0.5, 0.6) is 5.75 Å². The first-order chi connectivity index (χ1) is 11.2. The van der Waals surface area contributed by atoms with Crippen molar-refractivity contribution in [2.75, 3.05) is 19.7 Å². The van der Waals surface area contributed by atoms with E-state index in [2.05, 4.69) is 11.4 Å². The van der Waals surface area contributed by atoms with Crippen LogP contribution in [-0.4, -0.2) is 42.5 Å². The quantitative estimate of drug-likeness (QED) is 0.929. The van der Waals surface area contributed by atoms with Gasteiger partial charge < -0.3 is 15.0 Å². The van der Waals surface area contributed by atoms with Gasteiger partial charge in [0.05, 0.1) is 6.61 Å². The van der Waals surface area contributed by atoms with Gasteiger partial charge in [0.25, 0.3) is 0 Å². The molecular formula is C18H24N2O3. The number of hydrogen-bond acceptors (Lipinski definition) is 3. The molecule has 1 saturated heterocycles. The highest BCUT2D eigenvalue weighted by Crippen LogP contribution is 2.32. The van der Waals surface area contributed by atoms with E-state index in [0.717, 1.165) is 37.0 Å². The van der Waals surface area contributed by atoms with Gasteiger partial charge in [0, 0.05) is 25.9 Å². The summed E-state index contributed by atoms with van der Waals surface area (Å²) in [6, 6.07) is 7.69. The molecule has 0 aromatic heterocycles. The lowest BCUT2D eigenvalue weighted by molar-refractivity contribution is -0.140. The number of nitrogens with zero attached hydrogens (tertiary/aromatic N) is 1. The molecule has 3 rings (SSSR count). The molecule has 0 spiro atoms. The van der Waals surface area contributed by atoms with E-state index in [-0.39, 0.29) is 23.8 Å². The van der Waals surface area contributed by atoms with Gasteiger partial charge in [-0.05, 0) is 37.3 Å². The fourth-order valence-electron chi connectivity index (χ4n) is 3.55. The van der Waals surface area contributed by atoms with Crippen molar-refractivity contribution in [3.8, 4) is 5.75 Å². The molecule has 2 unspecified atom stereocenters. The number of rotatable bonds is 3. The van der Waals surface area contributed by atoms with Crippen LogP contribution in [0.1, 0.15) is 44.1 Å². The lowest BCUT2D eigenvalue weighted by atomic mass is 9.93. The molecule has 2 heterocycles. The number of nitrogens with one attached hydrogen (secondary N) is 1. The van der Waals surface area contributed by atoms with E-state index in [4.69, 9.17) is 4.74 Å². The van der Waals surface area contributed by atoms with E-state index in [9.17, 15) is 9.59 Å². The average Bonchev–Trinajstić information content (AvgIpc) is 2.59. The van der Waals surface area contributed by atoms with Crippen molar-refractivity contribution in [3.05, 3.63) is 29.8 Å². The number of carbonyl (C=O) groups is 2. The molecule has 2 aliphatic heterocycles. The van der Waals surface area contributed by atoms with Gasteiger partial charge in [-0.25, -0.2) is 0 Å². The minimum atomic E-state index is -0.309. The molecule has 5 nitrogen and oxygen atoms in total. The Morgan fingerprint density at radius 1 is 1.26 bits per heavy atom. The Labute approximate surface area is 137 Å². The zero-order chi connectivity index (χ0) is 16.2. The summed E-state index contributed by atoms with van der Waals surface area (Å²) in [7, 11) is 0. The van der Waals surface area contributed by atoms with Crippen LogP contribution in [-0.2, 0) is 9.59 Å². The average molecular weight is 316 g/mol. The highest BCUT2D eigenvalue weighted by molar-refractivity contribution is 5.87. The Morgan fingerprint density at radius 2 is 2.09 bits per heavy atom. The number of likely N-dealkylation sites (tertiary alicyclic amines) is 1. The lowest BCUT2D eigenvalue weighted by Crippen LogP contribution is -2.51. The molecular weight excluding hydrogens is 292 g/mol. The smallest absolute Gasteiger partial charge is 0.242 e. The van der Waals surface area contributed by atoms with Gasteiger partial charge in [-0.15, -0.1) is 0 Å². The third-order valence-corrected chi connectivity index (χ3v) is 4.82. The van der Waals surface area contributed by atoms with Gasteiger partial charge in [-0.1, -0.05) is 18.2 Å². The molecule has 1 N–H and O–H groups in total. The molecule has 2 atom stereocenters. The van der Waals surface area contributed by atoms with E-state index in [1.807, 2.05) is 18.2 Å². The highest BCUT2D eigenvalue weighted by Gasteiger charge is 2.31. The fraction of sp³-hybridized carbons (Fsp3) is 0.556. The maximum Gasteiger partial charge on any atom is 0.242 e. The van der Waals surface area contributed by atoms with Crippen molar-refractivity contribution >= 4 is 11.8 Å². The number of piperidine rings is 1. The Kier molecular flexibility index (Phi) is 4.84. The zero-order valence-corrected chi connectivity index (χ0v) is 13.6. The summed E-state index contributed by atoms with van der Waals surface area (Å²) < 4.78 is 5.66. The summed E-state index contributed by atoms with van der Waals surface area (Å²) in [5.74, 6) is 1.16. The summed E-state index contributed by atoms with van der Waals surface area (Å²) in [4.78, 5) is 25.9. The second-order valence-electron chi connectivity index (χ2n) is 6.34. The number of carbonyl (C=O) groups excluding carboxylic acids is 2. The second-order valence-corrected chi connectivity index (χ2v) is 6.34. The first kappa shape index (κ1) is 15.8. The van der Waals surface area contributed by atoms with Crippen LogP contribution in [0, 0.1) is 0 Å². The predicted octanol–water partition coefficient (Wildman–Crippen LogP) is 2.07. The van der Waals surface area contributed by atoms with E-state index >= 15 is 0 Å². The highest BCUT2D eigenvalue weighted by atomic mass is 16.5. The van der Waals surface area contributed by atoms with E-state index in [0.29, 0.717) is 19.7 Å². The monoisotopic (exact) mass is 316 g/mol. The maximum absolute atomic E-state index is 12.5. The van der Waals surface area contributed by atoms with Crippen molar-refractivity contribution in [1.82, 2.24) is 10.2 Å². The molecule has 2 amide bonds. The largest absolute Gasteiger partial charge is 0.493 e. The molecule has 5 heteroatoms. The number of ether oxygens (including phenoxy) is 1. The molecule has 1 fully saturated rings. The fourth-order valence-corrected chi connectivity index (χ4v) is 3.55. The van der Waals surface area contributed by atoms with Crippen LogP contribution < -0.4 is 10.1 Å². The van der Waals surface area contributed by atoms with Crippen molar-refractivity contribution in [3.63, 3.8) is 0 Å². The Bertz CT molecular complexity index is 587. The standard InChI is InChI=1S/C18H24N2O3/c1-13(21)20-10-5-4-7-16(20)18(22)19-12-14-9-11-23-17-8-3-2-6-15(14)17/h2-3,6,8,14,16H,4-5,7,9-12H2,1H3,(H,19,22). The van der Waals surface area contributed by atoms with E-state index in [1.54, 1.807) is 11.8 Å². The first-order valence-corrected chi connectivity index (χ1v) is 8.43. The van der Waals surface area contributed by atoms with Crippen LogP contribution in [0.15, 0.2) is 24.3 Å². The van der Waals surface area contributed by atoms with Gasteiger partial charge in [-0.3, -0.25) is 9.59 Å². The van der Waals surface area contributed by atoms with Crippen LogP contribution in [0.25, 0.3) is 0 Å². The van der Waals surface area contributed by atoms with Crippen molar-refractivity contribution in [1.29, 1.82) is 0 Å². The summed E-state index contributed by atoms with van der Waals surface area (Å²) in [6.45, 7) is 3.51. The third kappa shape index (κ3) is 3.49. The van der Waals surface area contributed by atoms with Crippen LogP contribution in [0.2, 0.25) is 0 Å². The Balaban J connectivity index is 1.62. The van der Waals surface area contributed by atoms with Crippen molar-refractivity contribution < 1.29 is 14.3 Å². The number of para-hydroxylation sites is 1. The Hall–Kier alpha value is -2.04. The van der Waals surface area contributed by atoms with Crippen molar-refractivity contribution in [2.24, 2.45) is 0 Å².